The van der Waals surface area contributed by atoms with Crippen LogP contribution < -0.4 is 0 Å². The molecule has 0 spiro atoms. The van der Waals surface area contributed by atoms with Crippen molar-refractivity contribution >= 4 is 0 Å². The Kier molecular flexibility index (Phi) is 3.84. The first-order chi connectivity index (χ1) is 12.0. The van der Waals surface area contributed by atoms with E-state index in [-0.39, 0.29) is 11.8 Å². The Balaban J connectivity index is 1.54. The monoisotopic (exact) mass is 342 g/mol. The van der Waals surface area contributed by atoms with E-state index in [1.54, 1.807) is 25.1 Å². The van der Waals surface area contributed by atoms with Crippen LogP contribution in [0.5, 0.6) is 0 Å². The lowest BCUT2D eigenvalue weighted by atomic mass is 10.1. The molecule has 4 rings (SSSR count). The molecular weight excluding hydrogens is 326 g/mol. The molecule has 128 valence electrons. The lowest BCUT2D eigenvalue weighted by Gasteiger charge is -2.03. The van der Waals surface area contributed by atoms with Crippen LogP contribution in [0.1, 0.15) is 48.3 Å². The number of aliphatic hydroxyl groups is 1. The van der Waals surface area contributed by atoms with Crippen molar-refractivity contribution in [3.63, 3.8) is 0 Å². The quantitative estimate of drug-likeness (QED) is 0.766. The number of hydrogen-bond donors (Lipinski definition) is 1. The fourth-order valence-corrected chi connectivity index (χ4v) is 3.03. The summed E-state index contributed by atoms with van der Waals surface area (Å²) in [5.41, 5.74) is 1.93. The van der Waals surface area contributed by atoms with Gasteiger partial charge in [-0.2, -0.15) is 4.98 Å². The number of halogens is 2. The molecule has 0 radical (unpaired) electrons. The van der Waals surface area contributed by atoms with Crippen molar-refractivity contribution in [3.8, 4) is 11.4 Å². The van der Waals surface area contributed by atoms with Crippen LogP contribution in [0, 0.1) is 11.6 Å². The molecule has 1 fully saturated rings. The number of hydrogen-bond acceptors (Lipinski definition) is 4. The van der Waals surface area contributed by atoms with Crippen LogP contribution in [0.4, 0.5) is 8.78 Å². The Morgan fingerprint density at radius 2 is 1.88 bits per heavy atom. The van der Waals surface area contributed by atoms with Crippen molar-refractivity contribution in [1.82, 2.24) is 10.1 Å². The molecule has 0 bridgehead atoms. The fraction of sp³-hybridized carbons (Fsp3) is 0.263. The van der Waals surface area contributed by atoms with Gasteiger partial charge >= 0.3 is 0 Å². The average molecular weight is 342 g/mol. The van der Waals surface area contributed by atoms with E-state index in [2.05, 4.69) is 10.1 Å². The molecule has 1 aliphatic carbocycles. The summed E-state index contributed by atoms with van der Waals surface area (Å²) >= 11 is 0. The SMILES string of the molecule is C[C@@H](O)c1ccc(-c2noc([C@@H]3C[C@H]3c3cccc(F)c3F)n2)cc1. The average Bonchev–Trinajstić information content (AvgIpc) is 3.25. The molecule has 1 saturated carbocycles. The number of aromatic nitrogens is 2. The van der Waals surface area contributed by atoms with Crippen LogP contribution in [0.2, 0.25) is 0 Å². The summed E-state index contributed by atoms with van der Waals surface area (Å²) in [4.78, 5) is 4.39. The first kappa shape index (κ1) is 15.9. The summed E-state index contributed by atoms with van der Waals surface area (Å²) in [7, 11) is 0. The summed E-state index contributed by atoms with van der Waals surface area (Å²) in [6.07, 6.45) is 0.117. The third-order valence-electron chi connectivity index (χ3n) is 4.58. The molecule has 0 unspecified atom stereocenters. The highest BCUT2D eigenvalue weighted by molar-refractivity contribution is 5.55. The van der Waals surface area contributed by atoms with Gasteiger partial charge in [-0.25, -0.2) is 8.78 Å². The molecule has 25 heavy (non-hydrogen) atoms. The molecule has 1 aromatic heterocycles. The molecule has 3 atom stereocenters. The molecule has 4 nitrogen and oxygen atoms in total. The predicted molar refractivity (Wildman–Crippen MR) is 86.8 cm³/mol. The zero-order chi connectivity index (χ0) is 17.6. The topological polar surface area (TPSA) is 59.2 Å². The van der Waals surface area contributed by atoms with Gasteiger partial charge in [0.25, 0.3) is 0 Å². The van der Waals surface area contributed by atoms with Gasteiger partial charge in [0.05, 0.1) is 6.10 Å². The molecular formula is C19H16F2N2O2. The summed E-state index contributed by atoms with van der Waals surface area (Å²) < 4.78 is 32.6. The number of aliphatic hydroxyl groups excluding tert-OH is 1. The molecule has 0 aliphatic heterocycles. The van der Waals surface area contributed by atoms with Crippen molar-refractivity contribution in [1.29, 1.82) is 0 Å². The second-order valence-corrected chi connectivity index (χ2v) is 6.35. The predicted octanol–water partition coefficient (Wildman–Crippen LogP) is 4.34. The van der Waals surface area contributed by atoms with Gasteiger partial charge in [0.2, 0.25) is 11.7 Å². The van der Waals surface area contributed by atoms with Crippen molar-refractivity contribution in [2.45, 2.75) is 31.3 Å². The second kappa shape index (κ2) is 6.04. The van der Waals surface area contributed by atoms with Crippen LogP contribution in [0.3, 0.4) is 0 Å². The molecule has 6 heteroatoms. The maximum atomic E-state index is 13.9. The van der Waals surface area contributed by atoms with E-state index >= 15 is 0 Å². The van der Waals surface area contributed by atoms with Gasteiger partial charge in [-0.05, 0) is 36.5 Å². The van der Waals surface area contributed by atoms with E-state index < -0.39 is 17.7 Å². The summed E-state index contributed by atoms with van der Waals surface area (Å²) in [5.74, 6) is -0.993. The smallest absolute Gasteiger partial charge is 0.230 e. The third-order valence-corrected chi connectivity index (χ3v) is 4.58. The van der Waals surface area contributed by atoms with Gasteiger partial charge in [-0.15, -0.1) is 0 Å². The van der Waals surface area contributed by atoms with Crippen LogP contribution in [-0.2, 0) is 0 Å². The van der Waals surface area contributed by atoms with E-state index in [1.165, 1.54) is 6.07 Å². The van der Waals surface area contributed by atoms with E-state index in [1.807, 2.05) is 12.1 Å². The second-order valence-electron chi connectivity index (χ2n) is 6.35. The Morgan fingerprint density at radius 1 is 1.12 bits per heavy atom. The molecule has 0 saturated heterocycles. The standard InChI is InChI=1S/C19H16F2N2O2/c1-10(24)11-5-7-12(8-6-11)18-22-19(25-23-18)15-9-14(15)13-3-2-4-16(20)17(13)21/h2-8,10,14-15,24H,9H2,1H3/t10-,14+,15-/m1/s1. The molecule has 1 aliphatic rings. The molecule has 2 aromatic carbocycles. The van der Waals surface area contributed by atoms with Gasteiger partial charge < -0.3 is 9.63 Å². The first-order valence-corrected chi connectivity index (χ1v) is 8.10. The van der Waals surface area contributed by atoms with Crippen molar-refractivity contribution < 1.29 is 18.4 Å². The lowest BCUT2D eigenvalue weighted by Crippen LogP contribution is -1.93. The van der Waals surface area contributed by atoms with E-state index in [4.69, 9.17) is 4.52 Å². The van der Waals surface area contributed by atoms with Crippen LogP contribution >= 0.6 is 0 Å². The van der Waals surface area contributed by atoms with Crippen molar-refractivity contribution in [3.05, 3.63) is 71.1 Å². The van der Waals surface area contributed by atoms with Crippen LogP contribution in [-0.4, -0.2) is 15.2 Å². The normalized spacial score (nSPS) is 20.5. The van der Waals surface area contributed by atoms with Crippen molar-refractivity contribution in [2.24, 2.45) is 0 Å². The molecule has 0 amide bonds. The number of nitrogens with zero attached hydrogens (tertiary/aromatic N) is 2. The van der Waals surface area contributed by atoms with Crippen LogP contribution in [0.15, 0.2) is 47.0 Å². The van der Waals surface area contributed by atoms with Crippen molar-refractivity contribution in [2.75, 3.05) is 0 Å². The zero-order valence-electron chi connectivity index (χ0n) is 13.5. The largest absolute Gasteiger partial charge is 0.389 e. The van der Waals surface area contributed by atoms with E-state index in [0.29, 0.717) is 23.7 Å². The minimum Gasteiger partial charge on any atom is -0.389 e. The maximum absolute atomic E-state index is 13.9. The number of rotatable bonds is 4. The summed E-state index contributed by atoms with van der Waals surface area (Å²) in [6, 6.07) is 11.4. The lowest BCUT2D eigenvalue weighted by molar-refractivity contribution is 0.199. The maximum Gasteiger partial charge on any atom is 0.230 e. The minimum absolute atomic E-state index is 0.0886. The molecule has 1 N–H and O–H groups in total. The Hall–Kier alpha value is -2.60. The molecule has 3 aromatic rings. The van der Waals surface area contributed by atoms with Gasteiger partial charge in [0, 0.05) is 11.5 Å². The Morgan fingerprint density at radius 3 is 2.60 bits per heavy atom. The van der Waals surface area contributed by atoms with Gasteiger partial charge in [0.15, 0.2) is 11.6 Å². The summed E-state index contributed by atoms with van der Waals surface area (Å²) in [6.45, 7) is 1.69. The van der Waals surface area contributed by atoms with Gasteiger partial charge in [0.1, 0.15) is 0 Å². The fourth-order valence-electron chi connectivity index (χ4n) is 3.03. The highest BCUT2D eigenvalue weighted by atomic mass is 19.2. The minimum atomic E-state index is -0.840. The van der Waals surface area contributed by atoms with Gasteiger partial charge in [-0.3, -0.25) is 0 Å². The third kappa shape index (κ3) is 2.93. The van der Waals surface area contributed by atoms with E-state index in [0.717, 1.165) is 17.2 Å². The first-order valence-electron chi connectivity index (χ1n) is 8.10. The highest BCUT2D eigenvalue weighted by Gasteiger charge is 2.45. The molecule has 1 heterocycles. The van der Waals surface area contributed by atoms with Gasteiger partial charge in [-0.1, -0.05) is 41.6 Å². The Labute approximate surface area is 143 Å². The summed E-state index contributed by atoms with van der Waals surface area (Å²) in [5, 5.41) is 13.5. The Bertz CT molecular complexity index is 906. The zero-order valence-corrected chi connectivity index (χ0v) is 13.5. The number of benzene rings is 2. The van der Waals surface area contributed by atoms with Crippen LogP contribution in [0.25, 0.3) is 11.4 Å². The highest BCUT2D eigenvalue weighted by Crippen LogP contribution is 2.54. The van der Waals surface area contributed by atoms with E-state index in [9.17, 15) is 13.9 Å².